The fraction of sp³-hybridized carbons (Fsp3) is 0.0566. The van der Waals surface area contributed by atoms with Crippen LogP contribution in [-0.4, -0.2) is 0 Å². The molecule has 0 aliphatic heterocycles. The lowest BCUT2D eigenvalue weighted by molar-refractivity contribution is 0.609. The Labute approximate surface area is 317 Å². The summed E-state index contributed by atoms with van der Waals surface area (Å²) in [4.78, 5) is 2.46. The second kappa shape index (κ2) is 13.1. The molecule has 0 spiro atoms. The molecule has 1 nitrogen and oxygen atoms in total. The molecule has 256 valence electrons. The summed E-state index contributed by atoms with van der Waals surface area (Å²) in [6, 6.07) is 75.9. The van der Waals surface area contributed by atoms with E-state index in [4.69, 9.17) is 0 Å². The Hall–Kier alpha value is -6.70. The van der Waals surface area contributed by atoms with Gasteiger partial charge in [-0.2, -0.15) is 0 Å². The average molecular weight is 690 g/mol. The van der Waals surface area contributed by atoms with Crippen molar-refractivity contribution >= 4 is 38.6 Å². The highest BCUT2D eigenvalue weighted by molar-refractivity contribution is 6.00. The molecule has 9 aromatic rings. The normalized spacial score (nSPS) is 14.5. The van der Waals surface area contributed by atoms with Gasteiger partial charge in [-0.25, -0.2) is 0 Å². The first kappa shape index (κ1) is 32.0. The van der Waals surface area contributed by atoms with Gasteiger partial charge in [0.05, 0.1) is 5.69 Å². The third kappa shape index (κ3) is 5.00. The van der Waals surface area contributed by atoms with E-state index in [1.165, 1.54) is 77.3 Å². The van der Waals surface area contributed by atoms with Gasteiger partial charge < -0.3 is 4.90 Å². The lowest BCUT2D eigenvalue weighted by Gasteiger charge is -2.33. The van der Waals surface area contributed by atoms with E-state index in [-0.39, 0.29) is 5.41 Å². The van der Waals surface area contributed by atoms with Crippen LogP contribution in [0.4, 0.5) is 17.1 Å². The monoisotopic (exact) mass is 689 g/mol. The number of nitrogens with zero attached hydrogens (tertiary/aromatic N) is 1. The van der Waals surface area contributed by atoms with Crippen molar-refractivity contribution in [2.75, 3.05) is 4.90 Å². The molecule has 0 bridgehead atoms. The van der Waals surface area contributed by atoms with E-state index in [1.807, 2.05) is 0 Å². The van der Waals surface area contributed by atoms with Crippen molar-refractivity contribution in [1.29, 1.82) is 0 Å². The summed E-state index contributed by atoms with van der Waals surface area (Å²) in [7, 11) is 0. The maximum Gasteiger partial charge on any atom is 0.0543 e. The summed E-state index contributed by atoms with van der Waals surface area (Å²) in [6.07, 6.45) is 0.962. The first-order valence-corrected chi connectivity index (χ1v) is 19.0. The Bertz CT molecular complexity index is 2660. The van der Waals surface area contributed by atoms with Crippen molar-refractivity contribution in [1.82, 2.24) is 0 Å². The Morgan fingerprint density at radius 1 is 0.389 bits per heavy atom. The molecule has 0 radical (unpaired) electrons. The van der Waals surface area contributed by atoms with Crippen molar-refractivity contribution < 1.29 is 0 Å². The zero-order valence-electron chi connectivity index (χ0n) is 30.3. The van der Waals surface area contributed by atoms with E-state index in [2.05, 4.69) is 218 Å². The number of hydrogen-bond donors (Lipinski definition) is 0. The minimum atomic E-state index is -0.245. The van der Waals surface area contributed by atoms with Crippen molar-refractivity contribution in [3.63, 3.8) is 0 Å². The molecule has 0 N–H and O–H groups in total. The SMILES string of the molecule is CCC1(c2ccccc2)c2ccccc2-c2c(N(c3ccc(-c4cccc5ccccc45)cc3)c3ccc(-c4cccc5ccccc45)cc3)cccc21. The molecule has 9 aromatic carbocycles. The van der Waals surface area contributed by atoms with Crippen LogP contribution in [0.15, 0.2) is 206 Å². The lowest BCUT2D eigenvalue weighted by Crippen LogP contribution is -2.26. The molecular formula is C53H39N. The van der Waals surface area contributed by atoms with Crippen molar-refractivity contribution in [2.45, 2.75) is 18.8 Å². The lowest BCUT2D eigenvalue weighted by atomic mass is 9.70. The predicted octanol–water partition coefficient (Wildman–Crippen LogP) is 14.5. The minimum absolute atomic E-state index is 0.245. The smallest absolute Gasteiger partial charge is 0.0543 e. The molecule has 0 fully saturated rings. The van der Waals surface area contributed by atoms with Crippen LogP contribution in [0, 0.1) is 0 Å². The van der Waals surface area contributed by atoms with Gasteiger partial charge in [0.25, 0.3) is 0 Å². The fourth-order valence-corrected chi connectivity index (χ4v) is 9.16. The zero-order chi connectivity index (χ0) is 36.1. The van der Waals surface area contributed by atoms with Crippen LogP contribution in [0.25, 0.3) is 54.9 Å². The summed E-state index contributed by atoms with van der Waals surface area (Å²) in [5, 5.41) is 5.04. The van der Waals surface area contributed by atoms with Gasteiger partial charge in [-0.1, -0.05) is 183 Å². The predicted molar refractivity (Wildman–Crippen MR) is 229 cm³/mol. The van der Waals surface area contributed by atoms with Gasteiger partial charge in [0, 0.05) is 22.4 Å². The van der Waals surface area contributed by atoms with Crippen LogP contribution in [0.5, 0.6) is 0 Å². The summed E-state index contributed by atoms with van der Waals surface area (Å²) in [5.74, 6) is 0. The molecular weight excluding hydrogens is 651 g/mol. The standard InChI is InChI=1S/C53H39N/c1-2-53(41-19-4-3-5-20-41)49-26-11-10-23-48(49)52-50(53)27-14-28-51(52)54(42-33-29-39(30-34-42)46-24-12-17-37-15-6-8-21-44(37)46)43-35-31-40(32-36-43)47-25-13-18-38-16-7-9-22-45(38)47/h3-36H,2H2,1H3. The highest BCUT2D eigenvalue weighted by Gasteiger charge is 2.44. The van der Waals surface area contributed by atoms with Gasteiger partial charge in [-0.15, -0.1) is 0 Å². The highest BCUT2D eigenvalue weighted by Crippen LogP contribution is 2.58. The number of anilines is 3. The van der Waals surface area contributed by atoms with Gasteiger partial charge >= 0.3 is 0 Å². The van der Waals surface area contributed by atoms with Crippen molar-refractivity contribution in [3.8, 4) is 33.4 Å². The highest BCUT2D eigenvalue weighted by atomic mass is 15.1. The topological polar surface area (TPSA) is 3.24 Å². The third-order valence-electron chi connectivity index (χ3n) is 11.6. The quantitative estimate of drug-likeness (QED) is 0.161. The second-order valence-corrected chi connectivity index (χ2v) is 14.4. The molecule has 1 atom stereocenters. The van der Waals surface area contributed by atoms with Gasteiger partial charge in [-0.3, -0.25) is 0 Å². The first-order valence-electron chi connectivity index (χ1n) is 19.0. The van der Waals surface area contributed by atoms with Crippen LogP contribution in [0.1, 0.15) is 30.0 Å². The summed E-state index contributed by atoms with van der Waals surface area (Å²) in [5.41, 5.74) is 14.8. The van der Waals surface area contributed by atoms with Crippen LogP contribution in [-0.2, 0) is 5.41 Å². The number of rotatable bonds is 7. The van der Waals surface area contributed by atoms with E-state index < -0.39 is 0 Å². The summed E-state index contributed by atoms with van der Waals surface area (Å²) >= 11 is 0. The van der Waals surface area contributed by atoms with Crippen molar-refractivity contribution in [2.24, 2.45) is 0 Å². The maximum absolute atomic E-state index is 2.46. The Kier molecular flexibility index (Phi) is 7.74. The molecule has 1 aliphatic carbocycles. The minimum Gasteiger partial charge on any atom is -0.310 e. The van der Waals surface area contributed by atoms with E-state index >= 15 is 0 Å². The van der Waals surface area contributed by atoms with E-state index in [9.17, 15) is 0 Å². The van der Waals surface area contributed by atoms with Gasteiger partial charge in [0.15, 0.2) is 0 Å². The largest absolute Gasteiger partial charge is 0.310 e. The third-order valence-corrected chi connectivity index (χ3v) is 11.6. The number of fused-ring (bicyclic) bond motifs is 5. The second-order valence-electron chi connectivity index (χ2n) is 14.4. The van der Waals surface area contributed by atoms with Crippen molar-refractivity contribution in [3.05, 3.63) is 223 Å². The Morgan fingerprint density at radius 2 is 0.852 bits per heavy atom. The Morgan fingerprint density at radius 3 is 1.44 bits per heavy atom. The maximum atomic E-state index is 2.46. The molecule has 54 heavy (non-hydrogen) atoms. The molecule has 0 aromatic heterocycles. The average Bonchev–Trinajstić information content (AvgIpc) is 3.55. The molecule has 0 saturated carbocycles. The molecule has 0 amide bonds. The molecule has 0 heterocycles. The van der Waals surface area contributed by atoms with E-state index in [0.29, 0.717) is 0 Å². The van der Waals surface area contributed by atoms with Crippen LogP contribution in [0.2, 0.25) is 0 Å². The van der Waals surface area contributed by atoms with Gasteiger partial charge in [-0.05, 0) is 103 Å². The van der Waals surface area contributed by atoms with Crippen LogP contribution < -0.4 is 4.90 Å². The molecule has 0 saturated heterocycles. The number of benzene rings is 9. The zero-order valence-corrected chi connectivity index (χ0v) is 30.3. The molecule has 10 rings (SSSR count). The molecule has 1 aliphatic rings. The van der Waals surface area contributed by atoms with Gasteiger partial charge in [0.1, 0.15) is 0 Å². The Balaban J connectivity index is 1.17. The number of hydrogen-bond acceptors (Lipinski definition) is 1. The molecule has 1 heteroatoms. The summed E-state index contributed by atoms with van der Waals surface area (Å²) < 4.78 is 0. The van der Waals surface area contributed by atoms with E-state index in [1.54, 1.807) is 0 Å². The van der Waals surface area contributed by atoms with Gasteiger partial charge in [0.2, 0.25) is 0 Å². The summed E-state index contributed by atoms with van der Waals surface area (Å²) in [6.45, 7) is 2.33. The van der Waals surface area contributed by atoms with Crippen LogP contribution >= 0.6 is 0 Å². The van der Waals surface area contributed by atoms with Crippen LogP contribution in [0.3, 0.4) is 0 Å². The van der Waals surface area contributed by atoms with E-state index in [0.717, 1.165) is 17.8 Å². The fourth-order valence-electron chi connectivity index (χ4n) is 9.16. The first-order chi connectivity index (χ1) is 26.7. The molecule has 1 unspecified atom stereocenters.